The minimum absolute atomic E-state index is 0.0311. The summed E-state index contributed by atoms with van der Waals surface area (Å²) < 4.78 is 7.31. The van der Waals surface area contributed by atoms with Crippen LogP contribution in [0.5, 0.6) is 0 Å². The van der Waals surface area contributed by atoms with Crippen LogP contribution < -0.4 is 5.73 Å². The number of likely N-dealkylation sites (tertiary alicyclic amines) is 1. The molecule has 1 amide bonds. The normalized spacial score (nSPS) is 17.8. The molecule has 4 rings (SSSR count). The van der Waals surface area contributed by atoms with E-state index in [0.29, 0.717) is 35.8 Å². The minimum Gasteiger partial charge on any atom is -0.463 e. The van der Waals surface area contributed by atoms with Crippen LogP contribution in [0, 0.1) is 0 Å². The van der Waals surface area contributed by atoms with Gasteiger partial charge in [-0.25, -0.2) is 9.67 Å². The van der Waals surface area contributed by atoms with E-state index in [-0.39, 0.29) is 18.0 Å². The van der Waals surface area contributed by atoms with E-state index in [2.05, 4.69) is 5.10 Å². The molecule has 4 heterocycles. The van der Waals surface area contributed by atoms with Gasteiger partial charge in [0, 0.05) is 25.2 Å². The maximum Gasteiger partial charge on any atom is 0.254 e. The molecule has 0 unspecified atom stereocenters. The number of carbonyl (C=O) groups is 1. The Hall–Kier alpha value is -2.67. The zero-order valence-corrected chi connectivity index (χ0v) is 14.3. The van der Waals surface area contributed by atoms with Crippen molar-refractivity contribution in [2.45, 2.75) is 32.4 Å². The van der Waals surface area contributed by atoms with E-state index in [1.165, 1.54) is 0 Å². The van der Waals surface area contributed by atoms with Gasteiger partial charge in [-0.05, 0) is 38.5 Å². The van der Waals surface area contributed by atoms with Gasteiger partial charge in [-0.3, -0.25) is 4.79 Å². The van der Waals surface area contributed by atoms with Crippen molar-refractivity contribution in [1.82, 2.24) is 19.7 Å². The highest BCUT2D eigenvalue weighted by Crippen LogP contribution is 2.28. The van der Waals surface area contributed by atoms with Gasteiger partial charge in [0.1, 0.15) is 5.69 Å². The summed E-state index contributed by atoms with van der Waals surface area (Å²) in [5.74, 6) is 0.599. The summed E-state index contributed by atoms with van der Waals surface area (Å²) in [5, 5.41) is 5.19. The Morgan fingerprint density at radius 2 is 2.28 bits per heavy atom. The molecule has 0 bridgehead atoms. The van der Waals surface area contributed by atoms with Crippen LogP contribution in [0.2, 0.25) is 0 Å². The maximum atomic E-state index is 13.1. The van der Waals surface area contributed by atoms with Crippen LogP contribution >= 0.6 is 0 Å². The first-order valence-corrected chi connectivity index (χ1v) is 8.51. The zero-order chi connectivity index (χ0) is 17.6. The fourth-order valence-corrected chi connectivity index (χ4v) is 3.27. The monoisotopic (exact) mass is 339 g/mol. The quantitative estimate of drug-likeness (QED) is 0.791. The number of rotatable bonds is 3. The number of pyridine rings is 1. The molecule has 1 atom stereocenters. The second-order valence-corrected chi connectivity index (χ2v) is 6.75. The van der Waals surface area contributed by atoms with Crippen molar-refractivity contribution in [2.75, 3.05) is 13.1 Å². The Bertz CT molecular complexity index is 913. The summed E-state index contributed by atoms with van der Waals surface area (Å²) in [6.07, 6.45) is 4.15. The first-order chi connectivity index (χ1) is 12.0. The maximum absolute atomic E-state index is 13.1. The number of nitrogens with two attached hydrogens (primary N) is 1. The number of hydrogen-bond acceptors (Lipinski definition) is 5. The SMILES string of the molecule is CC(C)n1ncc2c(C(=O)N3CC[C@H](N)C3)cc(-c3ccco3)nc21. The number of hydrogen-bond donors (Lipinski definition) is 1. The predicted molar refractivity (Wildman–Crippen MR) is 94.1 cm³/mol. The molecule has 25 heavy (non-hydrogen) atoms. The van der Waals surface area contributed by atoms with Crippen LogP contribution in [0.15, 0.2) is 35.1 Å². The lowest BCUT2D eigenvalue weighted by atomic mass is 10.1. The summed E-state index contributed by atoms with van der Waals surface area (Å²) in [4.78, 5) is 19.6. The Morgan fingerprint density at radius 3 is 2.92 bits per heavy atom. The van der Waals surface area contributed by atoms with Crippen molar-refractivity contribution >= 4 is 16.9 Å². The number of carbonyl (C=O) groups excluding carboxylic acids is 1. The Morgan fingerprint density at radius 1 is 1.44 bits per heavy atom. The van der Waals surface area contributed by atoms with Gasteiger partial charge in [-0.15, -0.1) is 0 Å². The molecule has 7 heteroatoms. The van der Waals surface area contributed by atoms with Crippen molar-refractivity contribution in [3.8, 4) is 11.5 Å². The van der Waals surface area contributed by atoms with Crippen molar-refractivity contribution in [3.63, 3.8) is 0 Å². The van der Waals surface area contributed by atoms with Gasteiger partial charge in [0.05, 0.1) is 23.4 Å². The number of aromatic nitrogens is 3. The second-order valence-electron chi connectivity index (χ2n) is 6.75. The van der Waals surface area contributed by atoms with Crippen molar-refractivity contribution in [1.29, 1.82) is 0 Å². The topological polar surface area (TPSA) is 90.2 Å². The molecule has 1 fully saturated rings. The fraction of sp³-hybridized carbons (Fsp3) is 0.389. The van der Waals surface area contributed by atoms with E-state index in [9.17, 15) is 4.79 Å². The van der Waals surface area contributed by atoms with Gasteiger partial charge >= 0.3 is 0 Å². The lowest BCUT2D eigenvalue weighted by Crippen LogP contribution is -2.32. The molecule has 130 valence electrons. The largest absolute Gasteiger partial charge is 0.463 e. The van der Waals surface area contributed by atoms with Crippen LogP contribution in [0.3, 0.4) is 0 Å². The van der Waals surface area contributed by atoms with Crippen molar-refractivity contribution < 1.29 is 9.21 Å². The average Bonchev–Trinajstić information content (AvgIpc) is 3.32. The summed E-state index contributed by atoms with van der Waals surface area (Å²) in [7, 11) is 0. The molecule has 3 aromatic heterocycles. The highest BCUT2D eigenvalue weighted by molar-refractivity contribution is 6.06. The van der Waals surface area contributed by atoms with Crippen LogP contribution in [0.25, 0.3) is 22.5 Å². The van der Waals surface area contributed by atoms with E-state index in [4.69, 9.17) is 15.1 Å². The molecule has 7 nitrogen and oxygen atoms in total. The summed E-state index contributed by atoms with van der Waals surface area (Å²) in [5.41, 5.74) is 7.88. The van der Waals surface area contributed by atoms with Crippen molar-refractivity contribution in [2.24, 2.45) is 5.73 Å². The van der Waals surface area contributed by atoms with Gasteiger partial charge in [-0.1, -0.05) is 0 Å². The van der Waals surface area contributed by atoms with E-state index in [0.717, 1.165) is 11.8 Å². The lowest BCUT2D eigenvalue weighted by Gasteiger charge is -2.17. The summed E-state index contributed by atoms with van der Waals surface area (Å²) in [6, 6.07) is 5.62. The third kappa shape index (κ3) is 2.70. The number of nitrogens with zero attached hydrogens (tertiary/aromatic N) is 4. The second kappa shape index (κ2) is 6.00. The van der Waals surface area contributed by atoms with E-state index < -0.39 is 0 Å². The third-order valence-corrected chi connectivity index (χ3v) is 4.57. The Labute approximate surface area is 145 Å². The van der Waals surface area contributed by atoms with Crippen LogP contribution in [-0.2, 0) is 0 Å². The van der Waals surface area contributed by atoms with E-state index in [1.807, 2.05) is 30.7 Å². The van der Waals surface area contributed by atoms with Crippen molar-refractivity contribution in [3.05, 3.63) is 36.2 Å². The molecular weight excluding hydrogens is 318 g/mol. The molecular formula is C18H21N5O2. The summed E-state index contributed by atoms with van der Waals surface area (Å²) >= 11 is 0. The van der Waals surface area contributed by atoms with Crippen LogP contribution in [0.4, 0.5) is 0 Å². The molecule has 0 saturated carbocycles. The molecule has 0 aliphatic carbocycles. The lowest BCUT2D eigenvalue weighted by molar-refractivity contribution is 0.0793. The Balaban J connectivity index is 1.88. The zero-order valence-electron chi connectivity index (χ0n) is 14.3. The standard InChI is InChI=1S/C18H21N5O2/c1-11(2)23-17-14(9-20-23)13(18(24)22-6-5-12(19)10-22)8-15(21-17)16-4-3-7-25-16/h3-4,7-9,11-12H,5-6,10,19H2,1-2H3/t12-/m0/s1. The van der Waals surface area contributed by atoms with Gasteiger partial charge in [0.15, 0.2) is 11.4 Å². The highest BCUT2D eigenvalue weighted by atomic mass is 16.3. The van der Waals surface area contributed by atoms with Gasteiger partial charge in [0.2, 0.25) is 0 Å². The van der Waals surface area contributed by atoms with Gasteiger partial charge < -0.3 is 15.1 Å². The molecule has 0 spiro atoms. The smallest absolute Gasteiger partial charge is 0.254 e. The molecule has 0 aromatic carbocycles. The number of fused-ring (bicyclic) bond motifs is 1. The molecule has 3 aromatic rings. The summed E-state index contributed by atoms with van der Waals surface area (Å²) in [6.45, 7) is 5.33. The first kappa shape index (κ1) is 15.8. The molecule has 1 aliphatic heterocycles. The molecule has 1 saturated heterocycles. The Kier molecular flexibility index (Phi) is 3.80. The first-order valence-electron chi connectivity index (χ1n) is 8.51. The van der Waals surface area contributed by atoms with E-state index >= 15 is 0 Å². The van der Waals surface area contributed by atoms with Crippen LogP contribution in [0.1, 0.15) is 36.7 Å². The highest BCUT2D eigenvalue weighted by Gasteiger charge is 2.27. The molecule has 1 aliphatic rings. The van der Waals surface area contributed by atoms with Gasteiger partial charge in [0.25, 0.3) is 5.91 Å². The number of amides is 1. The molecule has 2 N–H and O–H groups in total. The predicted octanol–water partition coefficient (Wildman–Crippen LogP) is 2.45. The van der Waals surface area contributed by atoms with Crippen LogP contribution in [-0.4, -0.2) is 44.7 Å². The number of furan rings is 1. The van der Waals surface area contributed by atoms with E-state index in [1.54, 1.807) is 23.4 Å². The molecule has 0 radical (unpaired) electrons. The van der Waals surface area contributed by atoms with Gasteiger partial charge in [-0.2, -0.15) is 5.10 Å². The fourth-order valence-electron chi connectivity index (χ4n) is 3.27. The average molecular weight is 339 g/mol. The minimum atomic E-state index is -0.0311. The third-order valence-electron chi connectivity index (χ3n) is 4.57.